The summed E-state index contributed by atoms with van der Waals surface area (Å²) in [6.45, 7) is 2.22. The third-order valence-electron chi connectivity index (χ3n) is 4.94. The summed E-state index contributed by atoms with van der Waals surface area (Å²) in [5.74, 6) is -2.39. The fourth-order valence-corrected chi connectivity index (χ4v) is 5.54. The minimum atomic E-state index is -1.65. The molecule has 0 aliphatic heterocycles. The molecule has 0 atom stereocenters. The SMILES string of the molecule is CCCCOB(O)Oc1c(F)cccc1F.c1ccc(P(c2ccccc2)c2ccccc2)cc1. The summed E-state index contributed by atoms with van der Waals surface area (Å²) in [5.41, 5.74) is 0. The van der Waals surface area contributed by atoms with Crippen molar-refractivity contribution >= 4 is 31.2 Å². The van der Waals surface area contributed by atoms with Crippen molar-refractivity contribution in [2.75, 3.05) is 6.61 Å². The number of rotatable bonds is 9. The molecule has 4 aromatic rings. The van der Waals surface area contributed by atoms with Crippen LogP contribution in [0.4, 0.5) is 8.78 Å². The van der Waals surface area contributed by atoms with Crippen molar-refractivity contribution < 1.29 is 23.1 Å². The Labute approximate surface area is 207 Å². The zero-order valence-electron chi connectivity index (χ0n) is 19.6. The van der Waals surface area contributed by atoms with Gasteiger partial charge >= 0.3 is 7.32 Å². The molecule has 0 aliphatic carbocycles. The fraction of sp³-hybridized carbons (Fsp3) is 0.143. The Kier molecular flexibility index (Phi) is 10.9. The summed E-state index contributed by atoms with van der Waals surface area (Å²) >= 11 is 0. The van der Waals surface area contributed by atoms with Gasteiger partial charge in [0.05, 0.1) is 0 Å². The van der Waals surface area contributed by atoms with Crippen LogP contribution >= 0.6 is 7.92 Å². The number of hydrogen-bond acceptors (Lipinski definition) is 3. The van der Waals surface area contributed by atoms with Crippen LogP contribution in [0.5, 0.6) is 5.75 Å². The lowest BCUT2D eigenvalue weighted by Crippen LogP contribution is -2.27. The van der Waals surface area contributed by atoms with Crippen molar-refractivity contribution in [2.24, 2.45) is 0 Å². The number of halogens is 2. The van der Waals surface area contributed by atoms with Gasteiger partial charge in [0.1, 0.15) is 0 Å². The second-order valence-corrected chi connectivity index (χ2v) is 9.76. The molecule has 0 aromatic heterocycles. The topological polar surface area (TPSA) is 38.7 Å². The highest BCUT2D eigenvalue weighted by Crippen LogP contribution is 2.32. The minimum Gasteiger partial charge on any atom is -0.507 e. The van der Waals surface area contributed by atoms with Gasteiger partial charge in [-0.05, 0) is 42.4 Å². The standard InChI is InChI=1S/C18H15P.C10H13BF2O3/c1-4-10-16(11-5-1)19(17-12-6-2-7-13-17)18-14-8-3-9-15-18;1-2-3-7-15-11(14)16-10-8(12)5-4-6-9(10)13/h1-15H;4-6,14H,2-3,7H2,1H3. The van der Waals surface area contributed by atoms with E-state index in [0.717, 1.165) is 25.0 Å². The van der Waals surface area contributed by atoms with Crippen LogP contribution in [-0.2, 0) is 4.65 Å². The predicted molar refractivity (Wildman–Crippen MR) is 141 cm³/mol. The van der Waals surface area contributed by atoms with E-state index in [9.17, 15) is 13.8 Å². The first-order valence-corrected chi connectivity index (χ1v) is 12.8. The summed E-state index contributed by atoms with van der Waals surface area (Å²) in [6.07, 6.45) is 1.63. The molecule has 0 saturated carbocycles. The summed E-state index contributed by atoms with van der Waals surface area (Å²) in [6, 6.07) is 35.6. The second kappa shape index (κ2) is 14.4. The number of unbranched alkanes of at least 4 members (excludes halogenated alkanes) is 1. The van der Waals surface area contributed by atoms with E-state index in [1.165, 1.54) is 22.0 Å². The number of benzene rings is 4. The maximum absolute atomic E-state index is 13.1. The molecule has 3 nitrogen and oxygen atoms in total. The van der Waals surface area contributed by atoms with Crippen LogP contribution < -0.4 is 20.6 Å². The van der Waals surface area contributed by atoms with Gasteiger partial charge in [0.15, 0.2) is 17.4 Å². The molecule has 0 bridgehead atoms. The number of hydrogen-bond donors (Lipinski definition) is 1. The van der Waals surface area contributed by atoms with Crippen molar-refractivity contribution in [1.82, 2.24) is 0 Å². The molecule has 0 unspecified atom stereocenters. The van der Waals surface area contributed by atoms with Crippen LogP contribution in [0, 0.1) is 11.6 Å². The number of para-hydroxylation sites is 1. The third-order valence-corrected chi connectivity index (χ3v) is 7.38. The first-order valence-electron chi connectivity index (χ1n) is 11.5. The normalized spacial score (nSPS) is 10.4. The van der Waals surface area contributed by atoms with Crippen LogP contribution in [0.25, 0.3) is 0 Å². The average Bonchev–Trinajstić information content (AvgIpc) is 2.89. The van der Waals surface area contributed by atoms with E-state index in [2.05, 4.69) is 95.6 Å². The molecule has 0 radical (unpaired) electrons. The Morgan fingerprint density at radius 3 is 1.51 bits per heavy atom. The molecule has 0 heterocycles. The third kappa shape index (κ3) is 8.29. The molecule has 0 aliphatic rings. The zero-order chi connectivity index (χ0) is 24.9. The quantitative estimate of drug-likeness (QED) is 0.188. The van der Waals surface area contributed by atoms with Gasteiger partial charge in [0, 0.05) is 6.61 Å². The van der Waals surface area contributed by atoms with Gasteiger partial charge < -0.3 is 14.3 Å². The highest BCUT2D eigenvalue weighted by atomic mass is 31.1. The first kappa shape index (κ1) is 26.6. The highest BCUT2D eigenvalue weighted by Gasteiger charge is 2.22. The van der Waals surface area contributed by atoms with Crippen molar-refractivity contribution in [3.8, 4) is 5.75 Å². The fourth-order valence-electron chi connectivity index (χ4n) is 3.24. The van der Waals surface area contributed by atoms with Gasteiger partial charge in [0.25, 0.3) is 0 Å². The lowest BCUT2D eigenvalue weighted by atomic mass is 10.2. The van der Waals surface area contributed by atoms with E-state index in [-0.39, 0.29) is 6.61 Å². The van der Waals surface area contributed by atoms with Crippen molar-refractivity contribution in [2.45, 2.75) is 19.8 Å². The maximum atomic E-state index is 13.1. The lowest BCUT2D eigenvalue weighted by molar-refractivity contribution is 0.185. The van der Waals surface area contributed by atoms with E-state index in [1.807, 2.05) is 6.92 Å². The first-order chi connectivity index (χ1) is 17.1. The largest absolute Gasteiger partial charge is 0.710 e. The average molecular weight is 492 g/mol. The molecule has 7 heteroatoms. The Balaban J connectivity index is 0.000000199. The Morgan fingerprint density at radius 2 is 1.11 bits per heavy atom. The Morgan fingerprint density at radius 1 is 0.686 bits per heavy atom. The zero-order valence-corrected chi connectivity index (χ0v) is 20.5. The van der Waals surface area contributed by atoms with E-state index < -0.39 is 32.6 Å². The summed E-state index contributed by atoms with van der Waals surface area (Å²) < 4.78 is 35.5. The van der Waals surface area contributed by atoms with Gasteiger partial charge in [-0.2, -0.15) is 0 Å². The highest BCUT2D eigenvalue weighted by molar-refractivity contribution is 7.79. The van der Waals surface area contributed by atoms with Crippen LogP contribution in [0.2, 0.25) is 0 Å². The van der Waals surface area contributed by atoms with Crippen molar-refractivity contribution in [3.63, 3.8) is 0 Å². The van der Waals surface area contributed by atoms with Gasteiger partial charge in [-0.3, -0.25) is 0 Å². The monoisotopic (exact) mass is 492 g/mol. The summed E-state index contributed by atoms with van der Waals surface area (Å²) in [5, 5.41) is 13.4. The van der Waals surface area contributed by atoms with Crippen LogP contribution in [0.15, 0.2) is 109 Å². The smallest absolute Gasteiger partial charge is 0.507 e. The molecular formula is C28H28BF2O3P. The van der Waals surface area contributed by atoms with Crippen LogP contribution in [-0.4, -0.2) is 19.0 Å². The Bertz CT molecular complexity index is 1020. The van der Waals surface area contributed by atoms with Crippen LogP contribution in [0.3, 0.4) is 0 Å². The molecule has 35 heavy (non-hydrogen) atoms. The van der Waals surface area contributed by atoms with Crippen molar-refractivity contribution in [1.29, 1.82) is 0 Å². The molecule has 0 spiro atoms. The molecule has 4 aromatic carbocycles. The molecular weight excluding hydrogens is 464 g/mol. The van der Waals surface area contributed by atoms with E-state index in [0.29, 0.717) is 0 Å². The molecule has 4 rings (SSSR count). The molecule has 180 valence electrons. The summed E-state index contributed by atoms with van der Waals surface area (Å²) in [4.78, 5) is 0. The predicted octanol–water partition coefficient (Wildman–Crippen LogP) is 5.58. The Hall–Kier alpha value is -3.05. The van der Waals surface area contributed by atoms with E-state index in [4.69, 9.17) is 4.65 Å². The van der Waals surface area contributed by atoms with E-state index >= 15 is 0 Å². The second-order valence-electron chi connectivity index (χ2n) is 7.54. The molecule has 0 amide bonds. The molecule has 0 fully saturated rings. The van der Waals surface area contributed by atoms with Gasteiger partial charge in [-0.1, -0.05) is 110 Å². The molecule has 0 saturated heterocycles. The van der Waals surface area contributed by atoms with Gasteiger partial charge in [-0.25, -0.2) is 8.78 Å². The maximum Gasteiger partial charge on any atom is 0.710 e. The van der Waals surface area contributed by atoms with Crippen molar-refractivity contribution in [3.05, 3.63) is 121 Å². The van der Waals surface area contributed by atoms with E-state index in [1.54, 1.807) is 0 Å². The van der Waals surface area contributed by atoms with Crippen LogP contribution in [0.1, 0.15) is 19.8 Å². The van der Waals surface area contributed by atoms with Gasteiger partial charge in [0.2, 0.25) is 0 Å². The molecule has 1 N–H and O–H groups in total. The lowest BCUT2D eigenvalue weighted by Gasteiger charge is -2.18. The summed E-state index contributed by atoms with van der Waals surface area (Å²) in [7, 11) is -2.10. The minimum absolute atomic E-state index is 0.272. The van der Waals surface area contributed by atoms with Gasteiger partial charge in [-0.15, -0.1) is 0 Å².